The van der Waals surface area contributed by atoms with Gasteiger partial charge in [0.05, 0.1) is 12.2 Å². The zero-order valence-corrected chi connectivity index (χ0v) is 12.9. The van der Waals surface area contributed by atoms with Crippen molar-refractivity contribution in [1.82, 2.24) is 9.78 Å². The lowest BCUT2D eigenvalue weighted by Gasteiger charge is -2.06. The standard InChI is InChI=1S/C16H14ClN3O2/c1-10-14(7-13(8-18)16(21)22)11(2)20(19-10)9-12-5-3-4-6-15(12)17/h3-7H,9H2,1-2H3,(H,21,22)/b13-7+. The van der Waals surface area contributed by atoms with Crippen LogP contribution in [-0.4, -0.2) is 20.9 Å². The number of hydrogen-bond donors (Lipinski definition) is 1. The Balaban J connectivity index is 2.42. The van der Waals surface area contributed by atoms with Gasteiger partial charge in [0.15, 0.2) is 0 Å². The summed E-state index contributed by atoms with van der Waals surface area (Å²) in [5, 5.41) is 22.9. The van der Waals surface area contributed by atoms with Crippen molar-refractivity contribution in [3.63, 3.8) is 0 Å². The molecule has 0 aliphatic carbocycles. The summed E-state index contributed by atoms with van der Waals surface area (Å²) >= 11 is 6.15. The molecule has 6 heteroatoms. The first-order valence-corrected chi connectivity index (χ1v) is 6.94. The minimum atomic E-state index is -1.25. The Morgan fingerprint density at radius 3 is 2.73 bits per heavy atom. The normalized spacial score (nSPS) is 11.3. The quantitative estimate of drug-likeness (QED) is 0.694. The molecule has 0 saturated heterocycles. The van der Waals surface area contributed by atoms with Crippen LogP contribution in [0.1, 0.15) is 22.5 Å². The highest BCUT2D eigenvalue weighted by Crippen LogP contribution is 2.21. The minimum Gasteiger partial charge on any atom is -0.477 e. The lowest BCUT2D eigenvalue weighted by molar-refractivity contribution is -0.132. The van der Waals surface area contributed by atoms with Gasteiger partial charge in [-0.15, -0.1) is 0 Å². The molecule has 0 spiro atoms. The molecule has 112 valence electrons. The Bertz CT molecular complexity index is 800. The molecule has 5 nitrogen and oxygen atoms in total. The zero-order chi connectivity index (χ0) is 16.3. The Labute approximate surface area is 133 Å². The molecule has 22 heavy (non-hydrogen) atoms. The summed E-state index contributed by atoms with van der Waals surface area (Å²) in [5.74, 6) is -1.25. The maximum Gasteiger partial charge on any atom is 0.346 e. The van der Waals surface area contributed by atoms with Crippen molar-refractivity contribution >= 4 is 23.6 Å². The number of carboxylic acid groups (broad SMARTS) is 1. The van der Waals surface area contributed by atoms with Crippen LogP contribution < -0.4 is 0 Å². The second-order valence-corrected chi connectivity index (χ2v) is 5.22. The van der Waals surface area contributed by atoms with Gasteiger partial charge in [-0.2, -0.15) is 10.4 Å². The van der Waals surface area contributed by atoms with Crippen LogP contribution in [0.5, 0.6) is 0 Å². The van der Waals surface area contributed by atoms with E-state index < -0.39 is 5.97 Å². The molecule has 0 bridgehead atoms. The van der Waals surface area contributed by atoms with Crippen molar-refractivity contribution in [1.29, 1.82) is 5.26 Å². The van der Waals surface area contributed by atoms with Crippen molar-refractivity contribution in [2.75, 3.05) is 0 Å². The average Bonchev–Trinajstić information content (AvgIpc) is 2.73. The van der Waals surface area contributed by atoms with Crippen LogP contribution in [0.2, 0.25) is 5.02 Å². The summed E-state index contributed by atoms with van der Waals surface area (Å²) in [7, 11) is 0. The first kappa shape index (κ1) is 15.8. The number of rotatable bonds is 4. The molecule has 0 radical (unpaired) electrons. The molecular formula is C16H14ClN3O2. The summed E-state index contributed by atoms with van der Waals surface area (Å²) in [5.41, 5.74) is 2.70. The Hall–Kier alpha value is -2.58. The van der Waals surface area contributed by atoms with E-state index >= 15 is 0 Å². The van der Waals surface area contributed by atoms with Crippen LogP contribution in [0, 0.1) is 25.2 Å². The van der Waals surface area contributed by atoms with E-state index in [1.807, 2.05) is 31.2 Å². The molecule has 1 N–H and O–H groups in total. The molecule has 0 aliphatic heterocycles. The zero-order valence-electron chi connectivity index (χ0n) is 12.2. The number of aromatic nitrogens is 2. The number of hydrogen-bond acceptors (Lipinski definition) is 3. The van der Waals surface area contributed by atoms with E-state index in [0.29, 0.717) is 22.8 Å². The number of benzene rings is 1. The molecule has 0 saturated carbocycles. The van der Waals surface area contributed by atoms with Crippen LogP contribution >= 0.6 is 11.6 Å². The monoisotopic (exact) mass is 315 g/mol. The minimum absolute atomic E-state index is 0.316. The predicted molar refractivity (Wildman–Crippen MR) is 83.5 cm³/mol. The SMILES string of the molecule is Cc1nn(Cc2ccccc2Cl)c(C)c1/C=C(\C#N)C(=O)O. The molecule has 0 atom stereocenters. The van der Waals surface area contributed by atoms with Crippen molar-refractivity contribution in [2.24, 2.45) is 0 Å². The molecule has 0 amide bonds. The van der Waals surface area contributed by atoms with E-state index in [1.54, 1.807) is 17.7 Å². The van der Waals surface area contributed by atoms with Crippen LogP contribution in [0.25, 0.3) is 6.08 Å². The van der Waals surface area contributed by atoms with Gasteiger partial charge >= 0.3 is 5.97 Å². The maximum atomic E-state index is 11.0. The molecule has 0 unspecified atom stereocenters. The van der Waals surface area contributed by atoms with Gasteiger partial charge < -0.3 is 5.11 Å². The molecular weight excluding hydrogens is 302 g/mol. The average molecular weight is 316 g/mol. The first-order valence-electron chi connectivity index (χ1n) is 6.56. The van der Waals surface area contributed by atoms with Gasteiger partial charge in [0.2, 0.25) is 0 Å². The summed E-state index contributed by atoms with van der Waals surface area (Å²) in [4.78, 5) is 11.0. The fraction of sp³-hybridized carbons (Fsp3) is 0.188. The van der Waals surface area contributed by atoms with Gasteiger partial charge in [0.25, 0.3) is 0 Å². The van der Waals surface area contributed by atoms with Gasteiger partial charge in [-0.1, -0.05) is 29.8 Å². The summed E-state index contributed by atoms with van der Waals surface area (Å²) < 4.78 is 1.75. The number of halogens is 1. The van der Waals surface area contributed by atoms with Crippen LogP contribution in [0.4, 0.5) is 0 Å². The lowest BCUT2D eigenvalue weighted by atomic mass is 10.1. The highest BCUT2D eigenvalue weighted by molar-refractivity contribution is 6.31. The maximum absolute atomic E-state index is 11.0. The molecule has 2 aromatic rings. The number of carbonyl (C=O) groups is 1. The van der Waals surface area contributed by atoms with Gasteiger partial charge in [-0.25, -0.2) is 4.79 Å². The Morgan fingerprint density at radius 1 is 1.45 bits per heavy atom. The summed E-state index contributed by atoms with van der Waals surface area (Å²) in [6.07, 6.45) is 1.35. The molecule has 0 aliphatic rings. The van der Waals surface area contributed by atoms with E-state index in [0.717, 1.165) is 11.3 Å². The van der Waals surface area contributed by atoms with Gasteiger partial charge in [0.1, 0.15) is 11.6 Å². The van der Waals surface area contributed by atoms with E-state index in [-0.39, 0.29) is 5.57 Å². The molecule has 0 fully saturated rings. The highest BCUT2D eigenvalue weighted by Gasteiger charge is 2.14. The van der Waals surface area contributed by atoms with Gasteiger partial charge in [-0.3, -0.25) is 4.68 Å². The number of carboxylic acids is 1. The van der Waals surface area contributed by atoms with Gasteiger partial charge in [-0.05, 0) is 31.6 Å². The lowest BCUT2D eigenvalue weighted by Crippen LogP contribution is -2.04. The smallest absolute Gasteiger partial charge is 0.346 e. The van der Waals surface area contributed by atoms with E-state index in [9.17, 15) is 4.79 Å². The van der Waals surface area contributed by atoms with E-state index in [1.165, 1.54) is 6.08 Å². The second-order valence-electron chi connectivity index (χ2n) is 4.81. The Kier molecular flexibility index (Phi) is 4.64. The third kappa shape index (κ3) is 3.18. The van der Waals surface area contributed by atoms with Gasteiger partial charge in [0, 0.05) is 16.3 Å². The largest absolute Gasteiger partial charge is 0.477 e. The number of aryl methyl sites for hydroxylation is 1. The van der Waals surface area contributed by atoms with Crippen molar-refractivity contribution < 1.29 is 9.90 Å². The van der Waals surface area contributed by atoms with Crippen molar-refractivity contribution in [3.05, 3.63) is 57.4 Å². The molecule has 2 rings (SSSR count). The topological polar surface area (TPSA) is 78.9 Å². The molecule has 1 aromatic heterocycles. The summed E-state index contributed by atoms with van der Waals surface area (Å²) in [6, 6.07) is 9.14. The fourth-order valence-corrected chi connectivity index (χ4v) is 2.34. The van der Waals surface area contributed by atoms with Crippen molar-refractivity contribution in [2.45, 2.75) is 20.4 Å². The number of aliphatic carboxylic acids is 1. The molecule has 1 heterocycles. The highest BCUT2D eigenvalue weighted by atomic mass is 35.5. The van der Waals surface area contributed by atoms with E-state index in [2.05, 4.69) is 5.10 Å². The van der Waals surface area contributed by atoms with Crippen LogP contribution in [-0.2, 0) is 11.3 Å². The van der Waals surface area contributed by atoms with E-state index in [4.69, 9.17) is 22.0 Å². The number of nitrogens with zero attached hydrogens (tertiary/aromatic N) is 3. The fourth-order valence-electron chi connectivity index (χ4n) is 2.15. The summed E-state index contributed by atoms with van der Waals surface area (Å²) in [6.45, 7) is 4.09. The first-order chi connectivity index (χ1) is 10.4. The van der Waals surface area contributed by atoms with Crippen LogP contribution in [0.15, 0.2) is 29.8 Å². The predicted octanol–water partition coefficient (Wildman–Crippen LogP) is 3.19. The number of nitriles is 1. The third-order valence-electron chi connectivity index (χ3n) is 3.35. The van der Waals surface area contributed by atoms with Crippen LogP contribution in [0.3, 0.4) is 0 Å². The Morgan fingerprint density at radius 2 is 2.14 bits per heavy atom. The second kappa shape index (κ2) is 6.46. The molecule has 1 aromatic carbocycles. The third-order valence-corrected chi connectivity index (χ3v) is 3.72. The van der Waals surface area contributed by atoms with Crippen molar-refractivity contribution in [3.8, 4) is 6.07 Å².